The van der Waals surface area contributed by atoms with Gasteiger partial charge < -0.3 is 14.6 Å². The van der Waals surface area contributed by atoms with Gasteiger partial charge in [-0.05, 0) is 67.1 Å². The fourth-order valence-corrected chi connectivity index (χ4v) is 6.36. The van der Waals surface area contributed by atoms with Crippen molar-refractivity contribution in [2.75, 3.05) is 30.5 Å². The van der Waals surface area contributed by atoms with Crippen LogP contribution in [-0.4, -0.2) is 45.4 Å². The van der Waals surface area contributed by atoms with Crippen molar-refractivity contribution in [3.8, 4) is 0 Å². The van der Waals surface area contributed by atoms with Crippen molar-refractivity contribution in [3.05, 3.63) is 92.6 Å². The van der Waals surface area contributed by atoms with E-state index < -0.39 is 10.0 Å². The van der Waals surface area contributed by atoms with Gasteiger partial charge >= 0.3 is 0 Å². The van der Waals surface area contributed by atoms with Crippen LogP contribution in [0.2, 0.25) is 0 Å². The lowest BCUT2D eigenvalue weighted by atomic mass is 10.1. The Balaban J connectivity index is 1.57. The van der Waals surface area contributed by atoms with Gasteiger partial charge in [-0.1, -0.05) is 44.0 Å². The van der Waals surface area contributed by atoms with Crippen molar-refractivity contribution in [3.63, 3.8) is 0 Å². The molecule has 0 aliphatic carbocycles. The van der Waals surface area contributed by atoms with Gasteiger partial charge in [0.1, 0.15) is 5.58 Å². The monoisotopic (exact) mass is 645 g/mol. The summed E-state index contributed by atoms with van der Waals surface area (Å²) in [6, 6.07) is 19.4. The van der Waals surface area contributed by atoms with E-state index in [1.807, 2.05) is 31.2 Å². The molecule has 1 aliphatic heterocycles. The lowest BCUT2D eigenvalue weighted by Gasteiger charge is -2.26. The molecule has 10 heteroatoms. The maximum absolute atomic E-state index is 13.9. The number of aryl methyl sites for hydroxylation is 1. The Morgan fingerprint density at radius 1 is 0.973 bits per heavy atom. The smallest absolute Gasteiger partial charge is 0.289 e. The van der Waals surface area contributed by atoms with Crippen molar-refractivity contribution >= 4 is 64.4 Å². The third kappa shape index (κ3) is 5.34. The number of halogens is 2. The zero-order chi connectivity index (χ0) is 26.2. The van der Waals surface area contributed by atoms with E-state index in [1.165, 1.54) is 4.31 Å². The van der Waals surface area contributed by atoms with Gasteiger partial charge in [-0.15, -0.1) is 0 Å². The number of nitrogens with one attached hydrogen (secondary N) is 1. The number of hydrogen-bond acceptors (Lipinski definition) is 5. The Labute approximate surface area is 232 Å². The van der Waals surface area contributed by atoms with Crippen LogP contribution in [0, 0.1) is 6.92 Å². The Kier molecular flexibility index (Phi) is 7.44. The molecular weight excluding hydrogens is 622 g/mol. The third-order valence-electron chi connectivity index (χ3n) is 6.45. The topological polar surface area (TPSA) is 82.9 Å². The summed E-state index contributed by atoms with van der Waals surface area (Å²) in [7, 11) is -3.90. The van der Waals surface area contributed by atoms with E-state index in [-0.39, 0.29) is 17.3 Å². The molecule has 3 aromatic carbocycles. The van der Waals surface area contributed by atoms with Gasteiger partial charge in [0, 0.05) is 46.1 Å². The van der Waals surface area contributed by atoms with Gasteiger partial charge in [0.05, 0.1) is 17.1 Å². The highest BCUT2D eigenvalue weighted by Crippen LogP contribution is 2.33. The van der Waals surface area contributed by atoms with Crippen LogP contribution in [0.25, 0.3) is 11.0 Å². The van der Waals surface area contributed by atoms with E-state index >= 15 is 0 Å². The number of piperazine rings is 1. The first-order valence-corrected chi connectivity index (χ1v) is 14.8. The summed E-state index contributed by atoms with van der Waals surface area (Å²) < 4.78 is 36.8. The zero-order valence-corrected chi connectivity index (χ0v) is 24.1. The fourth-order valence-electron chi connectivity index (χ4n) is 4.38. The predicted molar refractivity (Wildman–Crippen MR) is 151 cm³/mol. The predicted octanol–water partition coefficient (Wildman–Crippen LogP) is 5.71. The standard InChI is InChI=1S/C27H25Br2N3O4S/c1-18-24-16-22(8-11-25(24)36-26(18)27(33)31-14-12-30-13-15-31)32(17-19-2-4-20(28)5-3-19)37(34,35)23-9-6-21(29)7-10-23/h2-11,16,30H,12-15,17H2,1H3. The Morgan fingerprint density at radius 3 is 2.24 bits per heavy atom. The Morgan fingerprint density at radius 2 is 1.59 bits per heavy atom. The molecule has 0 saturated carbocycles. The number of furan rings is 1. The summed E-state index contributed by atoms with van der Waals surface area (Å²) >= 11 is 6.81. The molecule has 192 valence electrons. The molecule has 0 bridgehead atoms. The van der Waals surface area contributed by atoms with Gasteiger partial charge in [-0.2, -0.15) is 0 Å². The molecule has 0 unspecified atom stereocenters. The van der Waals surface area contributed by atoms with Crippen molar-refractivity contribution in [2.24, 2.45) is 0 Å². The van der Waals surface area contributed by atoms with Gasteiger partial charge in [0.25, 0.3) is 15.9 Å². The van der Waals surface area contributed by atoms with E-state index in [0.29, 0.717) is 41.1 Å². The number of amides is 1. The second kappa shape index (κ2) is 10.6. The average Bonchev–Trinajstić information content (AvgIpc) is 3.24. The minimum Gasteiger partial charge on any atom is -0.451 e. The summed E-state index contributed by atoms with van der Waals surface area (Å²) in [6.07, 6.45) is 0. The van der Waals surface area contributed by atoms with Crippen LogP contribution in [0.1, 0.15) is 21.7 Å². The van der Waals surface area contributed by atoms with Crippen molar-refractivity contribution in [2.45, 2.75) is 18.4 Å². The molecule has 2 heterocycles. The number of sulfonamides is 1. The minimum atomic E-state index is -3.90. The van der Waals surface area contributed by atoms with Crippen LogP contribution in [-0.2, 0) is 16.6 Å². The lowest BCUT2D eigenvalue weighted by Crippen LogP contribution is -2.46. The molecular formula is C27H25Br2N3O4S. The molecule has 1 N–H and O–H groups in total. The quantitative estimate of drug-likeness (QED) is 0.290. The highest BCUT2D eigenvalue weighted by atomic mass is 79.9. The fraction of sp³-hybridized carbons (Fsp3) is 0.222. The van der Waals surface area contributed by atoms with E-state index in [0.717, 1.165) is 27.6 Å². The highest BCUT2D eigenvalue weighted by molar-refractivity contribution is 9.10. The second-order valence-electron chi connectivity index (χ2n) is 8.87. The first kappa shape index (κ1) is 26.0. The van der Waals surface area contributed by atoms with Crippen LogP contribution >= 0.6 is 31.9 Å². The summed E-state index contributed by atoms with van der Waals surface area (Å²) in [4.78, 5) is 15.1. The third-order valence-corrected chi connectivity index (χ3v) is 9.29. The van der Waals surface area contributed by atoms with Crippen LogP contribution in [0.15, 0.2) is 85.0 Å². The van der Waals surface area contributed by atoms with Gasteiger partial charge in [0.2, 0.25) is 0 Å². The number of fused-ring (bicyclic) bond motifs is 1. The summed E-state index contributed by atoms with van der Waals surface area (Å²) in [5, 5.41) is 3.95. The number of nitrogens with zero attached hydrogens (tertiary/aromatic N) is 2. The summed E-state index contributed by atoms with van der Waals surface area (Å²) in [5.74, 6) is 0.148. The van der Waals surface area contributed by atoms with Gasteiger partial charge in [0.15, 0.2) is 5.76 Å². The average molecular weight is 647 g/mol. The Bertz CT molecular complexity index is 1550. The van der Waals surface area contributed by atoms with Crippen molar-refractivity contribution in [1.82, 2.24) is 10.2 Å². The molecule has 1 amide bonds. The number of rotatable bonds is 6. The van der Waals surface area contributed by atoms with Crippen molar-refractivity contribution < 1.29 is 17.6 Å². The van der Waals surface area contributed by atoms with Crippen LogP contribution < -0.4 is 9.62 Å². The molecule has 4 aromatic rings. The summed E-state index contributed by atoms with van der Waals surface area (Å²) in [5.41, 5.74) is 2.57. The lowest BCUT2D eigenvalue weighted by molar-refractivity contribution is 0.0705. The number of carbonyl (C=O) groups excluding carboxylic acids is 1. The number of carbonyl (C=O) groups is 1. The van der Waals surface area contributed by atoms with E-state index in [1.54, 1.807) is 47.4 Å². The number of anilines is 1. The largest absolute Gasteiger partial charge is 0.451 e. The molecule has 0 atom stereocenters. The van der Waals surface area contributed by atoms with Crippen LogP contribution in [0.5, 0.6) is 0 Å². The van der Waals surface area contributed by atoms with Gasteiger partial charge in [-0.25, -0.2) is 8.42 Å². The molecule has 7 nitrogen and oxygen atoms in total. The van der Waals surface area contributed by atoms with Crippen molar-refractivity contribution in [1.29, 1.82) is 0 Å². The maximum Gasteiger partial charge on any atom is 0.289 e. The maximum atomic E-state index is 13.9. The molecule has 1 fully saturated rings. The molecule has 0 spiro atoms. The molecule has 37 heavy (non-hydrogen) atoms. The van der Waals surface area contributed by atoms with Gasteiger partial charge in [-0.3, -0.25) is 9.10 Å². The number of hydrogen-bond donors (Lipinski definition) is 1. The molecule has 5 rings (SSSR count). The first-order chi connectivity index (χ1) is 17.7. The molecule has 1 aromatic heterocycles. The molecule has 1 saturated heterocycles. The zero-order valence-electron chi connectivity index (χ0n) is 20.1. The molecule has 0 radical (unpaired) electrons. The molecule has 1 aliphatic rings. The van der Waals surface area contributed by atoms with Crippen LogP contribution in [0.4, 0.5) is 5.69 Å². The van der Waals surface area contributed by atoms with Crippen LogP contribution in [0.3, 0.4) is 0 Å². The minimum absolute atomic E-state index is 0.140. The first-order valence-electron chi connectivity index (χ1n) is 11.8. The highest BCUT2D eigenvalue weighted by Gasteiger charge is 2.28. The van der Waals surface area contributed by atoms with E-state index in [4.69, 9.17) is 4.42 Å². The summed E-state index contributed by atoms with van der Waals surface area (Å²) in [6.45, 7) is 4.70. The second-order valence-corrected chi connectivity index (χ2v) is 12.6. The van der Waals surface area contributed by atoms with E-state index in [9.17, 15) is 13.2 Å². The number of benzene rings is 3. The normalized spacial score (nSPS) is 14.2. The Hall–Kier alpha value is -2.66. The van der Waals surface area contributed by atoms with E-state index in [2.05, 4.69) is 37.2 Å². The SMILES string of the molecule is Cc1c(C(=O)N2CCNCC2)oc2ccc(N(Cc3ccc(Br)cc3)S(=O)(=O)c3ccc(Br)cc3)cc12.